The number of rotatable bonds is 1. The fourth-order valence-corrected chi connectivity index (χ4v) is 2.45. The molecule has 1 heterocycles. The van der Waals surface area contributed by atoms with E-state index in [1.54, 1.807) is 39.1 Å². The molecule has 0 spiro atoms. The van der Waals surface area contributed by atoms with E-state index in [-0.39, 0.29) is 5.02 Å². The topological polar surface area (TPSA) is 31.2 Å². The van der Waals surface area contributed by atoms with Gasteiger partial charge in [-0.15, -0.1) is 0 Å². The Morgan fingerprint density at radius 2 is 2.05 bits per heavy atom. The van der Waals surface area contributed by atoms with Crippen molar-refractivity contribution in [2.75, 3.05) is 0 Å². The molecular formula is C15H14BrClFNO2. The van der Waals surface area contributed by atoms with Crippen molar-refractivity contribution in [2.45, 2.75) is 26.4 Å². The fourth-order valence-electron chi connectivity index (χ4n) is 1.80. The average Bonchev–Trinajstić information content (AvgIpc) is 2.73. The first-order valence-corrected chi connectivity index (χ1v) is 7.42. The molecule has 1 aromatic carbocycles. The lowest BCUT2D eigenvalue weighted by Crippen LogP contribution is -2.27. The van der Waals surface area contributed by atoms with Crippen LogP contribution in [0, 0.1) is 5.82 Å². The summed E-state index contributed by atoms with van der Waals surface area (Å²) in [5, 5.41) is -0.0343. The molecule has 2 aromatic rings. The van der Waals surface area contributed by atoms with Crippen molar-refractivity contribution in [2.24, 2.45) is 0 Å². The molecule has 2 rings (SSSR count). The van der Waals surface area contributed by atoms with E-state index in [4.69, 9.17) is 16.3 Å². The van der Waals surface area contributed by atoms with Gasteiger partial charge in [0.1, 0.15) is 11.4 Å². The van der Waals surface area contributed by atoms with Crippen LogP contribution in [0.15, 0.2) is 34.9 Å². The highest BCUT2D eigenvalue weighted by molar-refractivity contribution is 9.10. The molecule has 112 valence electrons. The maximum atomic E-state index is 13.6. The van der Waals surface area contributed by atoms with Gasteiger partial charge in [0.2, 0.25) is 0 Å². The number of aromatic nitrogens is 1. The molecule has 0 amide bonds. The van der Waals surface area contributed by atoms with E-state index in [1.807, 2.05) is 0 Å². The lowest BCUT2D eigenvalue weighted by atomic mass is 10.1. The van der Waals surface area contributed by atoms with Gasteiger partial charge < -0.3 is 4.74 Å². The summed E-state index contributed by atoms with van der Waals surface area (Å²) in [4.78, 5) is 12.2. The number of carbonyl (C=O) groups is 1. The van der Waals surface area contributed by atoms with Crippen molar-refractivity contribution >= 4 is 33.6 Å². The van der Waals surface area contributed by atoms with E-state index < -0.39 is 17.5 Å². The van der Waals surface area contributed by atoms with Crippen molar-refractivity contribution in [1.82, 2.24) is 4.57 Å². The van der Waals surface area contributed by atoms with Crippen LogP contribution in [-0.4, -0.2) is 16.3 Å². The maximum absolute atomic E-state index is 13.6. The molecule has 0 unspecified atom stereocenters. The second-order valence-corrected chi connectivity index (χ2v) is 6.79. The van der Waals surface area contributed by atoms with Crippen molar-refractivity contribution in [1.29, 1.82) is 0 Å². The first kappa shape index (κ1) is 16.0. The zero-order valence-corrected chi connectivity index (χ0v) is 14.1. The third kappa shape index (κ3) is 3.66. The van der Waals surface area contributed by atoms with Gasteiger partial charge in [-0.2, -0.15) is 0 Å². The van der Waals surface area contributed by atoms with Gasteiger partial charge in [-0.05, 0) is 48.8 Å². The molecule has 0 fully saturated rings. The quantitative estimate of drug-likeness (QED) is 0.660. The van der Waals surface area contributed by atoms with E-state index >= 15 is 0 Å². The number of halogens is 3. The molecule has 0 saturated carbocycles. The Morgan fingerprint density at radius 3 is 2.67 bits per heavy atom. The van der Waals surface area contributed by atoms with Gasteiger partial charge in [-0.3, -0.25) is 4.57 Å². The molecular weight excluding hydrogens is 361 g/mol. The molecule has 3 nitrogen and oxygen atoms in total. The average molecular weight is 375 g/mol. The van der Waals surface area contributed by atoms with Crippen LogP contribution < -0.4 is 0 Å². The third-order valence-corrected chi connectivity index (χ3v) is 3.42. The SMILES string of the molecule is CC(C)(C)OC(=O)n1cc(Br)cc1-c1cccc(F)c1Cl. The zero-order chi connectivity index (χ0) is 15.8. The summed E-state index contributed by atoms with van der Waals surface area (Å²) in [6, 6.07) is 6.14. The Morgan fingerprint density at radius 1 is 1.38 bits per heavy atom. The molecule has 21 heavy (non-hydrogen) atoms. The highest BCUT2D eigenvalue weighted by Gasteiger charge is 2.22. The molecule has 0 bridgehead atoms. The van der Waals surface area contributed by atoms with Crippen LogP contribution in [0.25, 0.3) is 11.3 Å². The zero-order valence-electron chi connectivity index (χ0n) is 11.8. The molecule has 0 radical (unpaired) electrons. The van der Waals surface area contributed by atoms with Crippen LogP contribution in [0.2, 0.25) is 5.02 Å². The van der Waals surface area contributed by atoms with Crippen LogP contribution in [0.4, 0.5) is 9.18 Å². The molecule has 0 aliphatic carbocycles. The van der Waals surface area contributed by atoms with E-state index in [1.165, 1.54) is 16.7 Å². The number of ether oxygens (including phenoxy) is 1. The van der Waals surface area contributed by atoms with Gasteiger partial charge >= 0.3 is 6.09 Å². The molecule has 1 aromatic heterocycles. The van der Waals surface area contributed by atoms with E-state index in [0.717, 1.165) is 0 Å². The third-order valence-electron chi connectivity index (χ3n) is 2.60. The smallest absolute Gasteiger partial charge is 0.419 e. The van der Waals surface area contributed by atoms with Gasteiger partial charge in [0.05, 0.1) is 10.7 Å². The summed E-state index contributed by atoms with van der Waals surface area (Å²) in [5.41, 5.74) is 0.255. The molecule has 0 saturated heterocycles. The summed E-state index contributed by atoms with van der Waals surface area (Å²) < 4.78 is 20.9. The van der Waals surface area contributed by atoms with Crippen LogP contribution in [0.5, 0.6) is 0 Å². The summed E-state index contributed by atoms with van der Waals surface area (Å²) in [5.74, 6) is -0.540. The lowest BCUT2D eigenvalue weighted by Gasteiger charge is -2.20. The predicted octanol–water partition coefficient (Wildman–Crippen LogP) is 5.49. The Balaban J connectivity index is 2.51. The van der Waals surface area contributed by atoms with Crippen LogP contribution >= 0.6 is 27.5 Å². The Kier molecular flexibility index (Phi) is 4.44. The summed E-state index contributed by atoms with van der Waals surface area (Å²) in [6.07, 6.45) is 1.01. The minimum Gasteiger partial charge on any atom is -0.443 e. The van der Waals surface area contributed by atoms with Crippen molar-refractivity contribution < 1.29 is 13.9 Å². The van der Waals surface area contributed by atoms with Crippen LogP contribution in [0.1, 0.15) is 20.8 Å². The highest BCUT2D eigenvalue weighted by Crippen LogP contribution is 2.33. The Hall–Kier alpha value is -1.33. The maximum Gasteiger partial charge on any atom is 0.419 e. The van der Waals surface area contributed by atoms with Gasteiger partial charge in [0.25, 0.3) is 0 Å². The summed E-state index contributed by atoms with van der Waals surface area (Å²) in [7, 11) is 0. The Bertz CT molecular complexity index is 691. The van der Waals surface area contributed by atoms with E-state index in [0.29, 0.717) is 15.7 Å². The largest absolute Gasteiger partial charge is 0.443 e. The predicted molar refractivity (Wildman–Crippen MR) is 84.2 cm³/mol. The molecule has 0 aliphatic rings. The second-order valence-electron chi connectivity index (χ2n) is 5.50. The van der Waals surface area contributed by atoms with Gasteiger partial charge in [0.15, 0.2) is 0 Å². The minimum atomic E-state index is -0.628. The normalized spacial score (nSPS) is 11.5. The molecule has 6 heteroatoms. The van der Waals surface area contributed by atoms with Gasteiger partial charge in [-0.25, -0.2) is 9.18 Å². The first-order valence-electron chi connectivity index (χ1n) is 6.24. The molecule has 0 N–H and O–H groups in total. The number of hydrogen-bond donors (Lipinski definition) is 0. The number of hydrogen-bond acceptors (Lipinski definition) is 2. The highest BCUT2D eigenvalue weighted by atomic mass is 79.9. The van der Waals surface area contributed by atoms with Crippen LogP contribution in [-0.2, 0) is 4.74 Å². The molecule has 0 atom stereocenters. The van der Waals surface area contributed by atoms with Gasteiger partial charge in [0, 0.05) is 16.2 Å². The Labute approximate surface area is 135 Å². The van der Waals surface area contributed by atoms with Crippen LogP contribution in [0.3, 0.4) is 0 Å². The number of carbonyl (C=O) groups excluding carboxylic acids is 1. The van der Waals surface area contributed by atoms with Gasteiger partial charge in [-0.1, -0.05) is 23.7 Å². The minimum absolute atomic E-state index is 0.0343. The standard InChI is InChI=1S/C15H14BrClFNO2/c1-15(2,3)21-14(20)19-8-9(16)7-12(19)10-5-4-6-11(18)13(10)17/h4-8H,1-3H3. The van der Waals surface area contributed by atoms with Crippen molar-refractivity contribution in [3.8, 4) is 11.3 Å². The van der Waals surface area contributed by atoms with E-state index in [2.05, 4.69) is 15.9 Å². The second kappa shape index (κ2) is 5.81. The van der Waals surface area contributed by atoms with Crippen molar-refractivity contribution in [3.63, 3.8) is 0 Å². The summed E-state index contributed by atoms with van der Waals surface area (Å²) >= 11 is 9.30. The number of nitrogens with zero attached hydrogens (tertiary/aromatic N) is 1. The number of benzene rings is 1. The van der Waals surface area contributed by atoms with E-state index in [9.17, 15) is 9.18 Å². The lowest BCUT2D eigenvalue weighted by molar-refractivity contribution is 0.0540. The first-order chi connectivity index (χ1) is 9.69. The summed E-state index contributed by atoms with van der Waals surface area (Å²) in [6.45, 7) is 5.33. The van der Waals surface area contributed by atoms with Crippen molar-refractivity contribution in [3.05, 3.63) is 45.8 Å². The molecule has 0 aliphatic heterocycles. The fraction of sp³-hybridized carbons (Fsp3) is 0.267. The monoisotopic (exact) mass is 373 g/mol.